The summed E-state index contributed by atoms with van der Waals surface area (Å²) in [6.45, 7) is 2.03. The van der Waals surface area contributed by atoms with E-state index in [2.05, 4.69) is 22.7 Å². The summed E-state index contributed by atoms with van der Waals surface area (Å²) in [6.07, 6.45) is 4.47. The van der Waals surface area contributed by atoms with Gasteiger partial charge in [-0.3, -0.25) is 14.5 Å². The number of aromatic nitrogens is 2. The molecule has 2 fully saturated rings. The van der Waals surface area contributed by atoms with Crippen molar-refractivity contribution in [1.82, 2.24) is 20.0 Å². The van der Waals surface area contributed by atoms with Gasteiger partial charge in [-0.25, -0.2) is 9.48 Å². The first-order chi connectivity index (χ1) is 14.8. The zero-order chi connectivity index (χ0) is 22.2. The van der Waals surface area contributed by atoms with E-state index in [1.807, 2.05) is 0 Å². The lowest BCUT2D eigenvalue weighted by atomic mass is 9.77. The Hall–Kier alpha value is -2.58. The number of benzene rings is 1. The standard InChI is InChI=1S/C21H23Cl2N5O3/c1-13-5-8-21(9-6-13)19(30)27(20(31)26-21)12-18(29)25-17-7-10-24-28(17)11-14-15(22)3-2-4-16(14)23/h2-4,7,10,13H,5-6,8-9,11-12H2,1H3,(H,25,29)(H,26,31). The van der Waals surface area contributed by atoms with Crippen LogP contribution in [0.4, 0.5) is 10.6 Å². The van der Waals surface area contributed by atoms with Crippen LogP contribution < -0.4 is 10.6 Å². The molecule has 0 atom stereocenters. The summed E-state index contributed by atoms with van der Waals surface area (Å²) in [5.74, 6) is 0.126. The van der Waals surface area contributed by atoms with Gasteiger partial charge in [0.25, 0.3) is 5.91 Å². The van der Waals surface area contributed by atoms with Crippen LogP contribution >= 0.6 is 23.2 Å². The zero-order valence-corrected chi connectivity index (χ0v) is 18.5. The van der Waals surface area contributed by atoms with Crippen LogP contribution in [0, 0.1) is 5.92 Å². The molecule has 2 aromatic rings. The number of hydrogen-bond acceptors (Lipinski definition) is 4. The molecule has 1 aliphatic carbocycles. The largest absolute Gasteiger partial charge is 0.325 e. The molecule has 4 amide bonds. The van der Waals surface area contributed by atoms with Crippen LogP contribution in [0.3, 0.4) is 0 Å². The number of hydrogen-bond donors (Lipinski definition) is 2. The summed E-state index contributed by atoms with van der Waals surface area (Å²) >= 11 is 12.5. The van der Waals surface area contributed by atoms with Crippen molar-refractivity contribution >= 4 is 46.9 Å². The molecule has 164 valence electrons. The highest BCUT2D eigenvalue weighted by molar-refractivity contribution is 6.36. The number of nitrogens with zero attached hydrogens (tertiary/aromatic N) is 3. The molecule has 0 radical (unpaired) electrons. The maximum atomic E-state index is 12.9. The molecule has 1 saturated carbocycles. The Morgan fingerprint density at radius 3 is 2.58 bits per heavy atom. The molecule has 0 bridgehead atoms. The average Bonchev–Trinajstić information content (AvgIpc) is 3.25. The van der Waals surface area contributed by atoms with Crippen LogP contribution in [0.5, 0.6) is 0 Å². The van der Waals surface area contributed by atoms with Gasteiger partial charge in [-0.05, 0) is 43.7 Å². The zero-order valence-electron chi connectivity index (χ0n) is 17.0. The van der Waals surface area contributed by atoms with Crippen molar-refractivity contribution in [3.63, 3.8) is 0 Å². The summed E-state index contributed by atoms with van der Waals surface area (Å²) in [5, 5.41) is 10.7. The van der Waals surface area contributed by atoms with E-state index in [4.69, 9.17) is 23.2 Å². The van der Waals surface area contributed by atoms with Gasteiger partial charge in [0.1, 0.15) is 17.9 Å². The number of carbonyl (C=O) groups excluding carboxylic acids is 3. The third-order valence-electron chi connectivity index (χ3n) is 6.03. The maximum absolute atomic E-state index is 12.9. The summed E-state index contributed by atoms with van der Waals surface area (Å²) in [4.78, 5) is 39.0. The van der Waals surface area contributed by atoms with Gasteiger partial charge in [-0.2, -0.15) is 5.10 Å². The monoisotopic (exact) mass is 463 g/mol. The fourth-order valence-corrected chi connectivity index (χ4v) is 4.65. The van der Waals surface area contributed by atoms with Gasteiger partial charge in [0.2, 0.25) is 5.91 Å². The van der Waals surface area contributed by atoms with Crippen LogP contribution in [0.25, 0.3) is 0 Å². The second-order valence-corrected chi connectivity index (χ2v) is 9.02. The number of nitrogens with one attached hydrogen (secondary N) is 2. The van der Waals surface area contributed by atoms with Crippen LogP contribution in [-0.2, 0) is 16.1 Å². The van der Waals surface area contributed by atoms with Crippen molar-refractivity contribution in [2.24, 2.45) is 5.92 Å². The molecule has 8 nitrogen and oxygen atoms in total. The van der Waals surface area contributed by atoms with Crippen molar-refractivity contribution in [2.45, 2.75) is 44.7 Å². The van der Waals surface area contributed by atoms with E-state index in [0.29, 0.717) is 40.2 Å². The highest BCUT2D eigenvalue weighted by Gasteiger charge is 2.52. The Morgan fingerprint density at radius 1 is 1.23 bits per heavy atom. The fraction of sp³-hybridized carbons (Fsp3) is 0.429. The second-order valence-electron chi connectivity index (χ2n) is 8.21. The van der Waals surface area contributed by atoms with E-state index >= 15 is 0 Å². The van der Waals surface area contributed by atoms with Gasteiger partial charge in [0.15, 0.2) is 0 Å². The Morgan fingerprint density at radius 2 is 1.90 bits per heavy atom. The molecule has 1 aliphatic heterocycles. The van der Waals surface area contributed by atoms with E-state index < -0.39 is 17.5 Å². The minimum absolute atomic E-state index is 0.256. The third-order valence-corrected chi connectivity index (χ3v) is 6.74. The van der Waals surface area contributed by atoms with Crippen LogP contribution in [0.1, 0.15) is 38.2 Å². The molecular formula is C21H23Cl2N5O3. The Balaban J connectivity index is 1.43. The first-order valence-electron chi connectivity index (χ1n) is 10.2. The van der Waals surface area contributed by atoms with Crippen molar-refractivity contribution in [1.29, 1.82) is 0 Å². The number of rotatable bonds is 5. The molecule has 31 heavy (non-hydrogen) atoms. The quantitative estimate of drug-likeness (QED) is 0.660. The average molecular weight is 464 g/mol. The van der Waals surface area contributed by atoms with Gasteiger partial charge >= 0.3 is 6.03 Å². The summed E-state index contributed by atoms with van der Waals surface area (Å²) < 4.78 is 1.54. The number of carbonyl (C=O) groups is 3. The minimum atomic E-state index is -0.869. The lowest BCUT2D eigenvalue weighted by Gasteiger charge is -2.33. The number of urea groups is 1. The minimum Gasteiger partial charge on any atom is -0.323 e. The van der Waals surface area contributed by atoms with E-state index in [1.165, 1.54) is 6.20 Å². The molecule has 1 spiro atoms. The molecule has 2 heterocycles. The number of amides is 4. The van der Waals surface area contributed by atoms with Gasteiger partial charge in [0.05, 0.1) is 12.7 Å². The molecular weight excluding hydrogens is 441 g/mol. The molecule has 10 heteroatoms. The molecule has 1 saturated heterocycles. The maximum Gasteiger partial charge on any atom is 0.325 e. The Labute approximate surface area is 189 Å². The van der Waals surface area contributed by atoms with E-state index in [-0.39, 0.29) is 19.0 Å². The number of anilines is 1. The van der Waals surface area contributed by atoms with Crippen molar-refractivity contribution < 1.29 is 14.4 Å². The van der Waals surface area contributed by atoms with Crippen LogP contribution in [0.15, 0.2) is 30.5 Å². The summed E-state index contributed by atoms with van der Waals surface area (Å²) in [7, 11) is 0. The number of imide groups is 1. The van der Waals surface area contributed by atoms with Gasteiger partial charge < -0.3 is 10.6 Å². The topological polar surface area (TPSA) is 96.3 Å². The lowest BCUT2D eigenvalue weighted by molar-refractivity contribution is -0.135. The van der Waals surface area contributed by atoms with Crippen molar-refractivity contribution in [3.05, 3.63) is 46.1 Å². The molecule has 2 aliphatic rings. The van der Waals surface area contributed by atoms with Crippen LogP contribution in [-0.4, -0.2) is 44.6 Å². The van der Waals surface area contributed by atoms with Crippen molar-refractivity contribution in [2.75, 3.05) is 11.9 Å². The lowest BCUT2D eigenvalue weighted by Crippen LogP contribution is -2.49. The molecule has 2 N–H and O–H groups in total. The van der Waals surface area contributed by atoms with Gasteiger partial charge in [-0.15, -0.1) is 0 Å². The predicted molar refractivity (Wildman–Crippen MR) is 117 cm³/mol. The first kappa shape index (κ1) is 21.6. The van der Waals surface area contributed by atoms with Crippen molar-refractivity contribution in [3.8, 4) is 0 Å². The molecule has 1 aromatic carbocycles. The second kappa shape index (κ2) is 8.51. The molecule has 4 rings (SSSR count). The van der Waals surface area contributed by atoms with Gasteiger partial charge in [-0.1, -0.05) is 36.2 Å². The Kier molecular flexibility index (Phi) is 5.94. The van der Waals surface area contributed by atoms with E-state index in [1.54, 1.807) is 28.9 Å². The first-order valence-corrected chi connectivity index (χ1v) is 10.9. The normalized spacial score (nSPS) is 23.3. The van der Waals surface area contributed by atoms with E-state index in [9.17, 15) is 14.4 Å². The SMILES string of the molecule is CC1CCC2(CC1)NC(=O)N(CC(=O)Nc1ccnn1Cc1c(Cl)cccc1Cl)C2=O. The van der Waals surface area contributed by atoms with Crippen LogP contribution in [0.2, 0.25) is 10.0 Å². The summed E-state index contributed by atoms with van der Waals surface area (Å²) in [5.41, 5.74) is -0.195. The fourth-order valence-electron chi connectivity index (χ4n) is 4.14. The number of halogens is 2. The Bertz CT molecular complexity index is 1010. The summed E-state index contributed by atoms with van der Waals surface area (Å²) in [6, 6.07) is 6.30. The molecule has 1 aromatic heterocycles. The smallest absolute Gasteiger partial charge is 0.323 e. The highest BCUT2D eigenvalue weighted by Crippen LogP contribution is 2.36. The van der Waals surface area contributed by atoms with Gasteiger partial charge in [0, 0.05) is 21.7 Å². The van der Waals surface area contributed by atoms with E-state index in [0.717, 1.165) is 17.7 Å². The molecule has 0 unspecified atom stereocenters. The third kappa shape index (κ3) is 4.27. The highest BCUT2D eigenvalue weighted by atomic mass is 35.5. The predicted octanol–water partition coefficient (Wildman–Crippen LogP) is 3.68.